The van der Waals surface area contributed by atoms with Crippen LogP contribution in [0.5, 0.6) is 0 Å². The normalized spacial score (nSPS) is 9.68. The summed E-state index contributed by atoms with van der Waals surface area (Å²) in [5, 5.41) is 20.1. The number of pyridine rings is 2. The zero-order valence-electron chi connectivity index (χ0n) is 14.7. The largest absolute Gasteiger partial charge is 0.451 e. The van der Waals surface area contributed by atoms with E-state index in [1.807, 2.05) is 6.92 Å². The molecule has 0 atom stereocenters. The molecule has 2 heterocycles. The highest BCUT2D eigenvalue weighted by Crippen LogP contribution is 2.18. The molecule has 0 aliphatic carbocycles. The summed E-state index contributed by atoms with van der Waals surface area (Å²) in [5.41, 5.74) is 3.43. The Morgan fingerprint density at radius 2 is 1.64 bits per heavy atom. The molecule has 25 heavy (non-hydrogen) atoms. The lowest BCUT2D eigenvalue weighted by atomic mass is 10.2. The van der Waals surface area contributed by atoms with Gasteiger partial charge in [-0.2, -0.15) is 5.06 Å². The molecule has 2 rings (SSSR count). The number of anilines is 1. The molecule has 2 aromatic heterocycles. The highest BCUT2D eigenvalue weighted by molar-refractivity contribution is 5.85. The molecule has 2 aromatic rings. The number of methoxy groups -OCH3 is 1. The summed E-state index contributed by atoms with van der Waals surface area (Å²) in [7, 11) is 1.20. The van der Waals surface area contributed by atoms with Gasteiger partial charge in [-0.1, -0.05) is 0 Å². The second-order valence-electron chi connectivity index (χ2n) is 5.26. The number of rotatable bonds is 2. The molecule has 0 aliphatic heterocycles. The summed E-state index contributed by atoms with van der Waals surface area (Å²) in [6.45, 7) is 7.11. The fourth-order valence-corrected chi connectivity index (χ4v) is 1.98. The quantitative estimate of drug-likeness (QED) is 0.502. The maximum Gasteiger partial charge on any atom is 0.438 e. The minimum absolute atomic E-state index is 0.0793. The fraction of sp³-hybridized carbons (Fsp3) is 0.312. The molecule has 134 valence electrons. The van der Waals surface area contributed by atoms with Gasteiger partial charge in [0.1, 0.15) is 6.20 Å². The summed E-state index contributed by atoms with van der Waals surface area (Å²) >= 11 is 0. The van der Waals surface area contributed by atoms with Crippen molar-refractivity contribution < 1.29 is 19.7 Å². The third kappa shape index (κ3) is 5.50. The van der Waals surface area contributed by atoms with Crippen LogP contribution in [0.2, 0.25) is 0 Å². The van der Waals surface area contributed by atoms with Crippen LogP contribution in [-0.2, 0) is 4.74 Å². The van der Waals surface area contributed by atoms with E-state index in [1.165, 1.54) is 19.5 Å². The molecule has 0 spiro atoms. The number of hydroxylamine groups is 1. The maximum atomic E-state index is 11.0. The van der Waals surface area contributed by atoms with Crippen LogP contribution in [0.4, 0.5) is 16.2 Å². The Kier molecular flexibility index (Phi) is 6.94. The fourth-order valence-electron chi connectivity index (χ4n) is 1.98. The number of hydrogen-bond donors (Lipinski definition) is 1. The summed E-state index contributed by atoms with van der Waals surface area (Å²) in [6.07, 6.45) is 1.87. The standard InChI is InChI=1S/C9H12N2O3.C7H8N2O2/c1-6-4-7(2)10-5-8(6)11(13)9(12)14-3;1-5-3-6(2)8-4-7(5)9(10)11/h4-5,13H,1-3H3;3-4H,1-2H3. The van der Waals surface area contributed by atoms with Crippen molar-refractivity contribution >= 4 is 17.5 Å². The molecule has 1 amide bonds. The van der Waals surface area contributed by atoms with Gasteiger partial charge >= 0.3 is 6.09 Å². The lowest BCUT2D eigenvalue weighted by Gasteiger charge is -2.15. The number of aryl methyl sites for hydroxylation is 4. The Labute approximate surface area is 145 Å². The molecule has 0 unspecified atom stereocenters. The van der Waals surface area contributed by atoms with Gasteiger partial charge in [0.15, 0.2) is 0 Å². The first-order valence-electron chi connectivity index (χ1n) is 7.25. The van der Waals surface area contributed by atoms with E-state index in [4.69, 9.17) is 0 Å². The molecule has 0 aromatic carbocycles. The molecule has 1 N–H and O–H groups in total. The van der Waals surface area contributed by atoms with Crippen LogP contribution in [0.1, 0.15) is 22.5 Å². The number of nitrogens with zero attached hydrogens (tertiary/aromatic N) is 4. The van der Waals surface area contributed by atoms with Crippen LogP contribution in [0, 0.1) is 37.8 Å². The van der Waals surface area contributed by atoms with Gasteiger partial charge < -0.3 is 4.74 Å². The molecule has 9 heteroatoms. The van der Waals surface area contributed by atoms with Crippen molar-refractivity contribution in [3.05, 3.63) is 57.2 Å². The van der Waals surface area contributed by atoms with E-state index >= 15 is 0 Å². The zero-order valence-corrected chi connectivity index (χ0v) is 14.7. The number of amides is 1. The predicted octanol–water partition coefficient (Wildman–Crippen LogP) is 3.27. The van der Waals surface area contributed by atoms with E-state index in [0.717, 1.165) is 17.0 Å². The third-order valence-corrected chi connectivity index (χ3v) is 3.21. The Balaban J connectivity index is 0.000000257. The summed E-state index contributed by atoms with van der Waals surface area (Å²) < 4.78 is 4.36. The second kappa shape index (κ2) is 8.69. The number of nitro groups is 1. The van der Waals surface area contributed by atoms with E-state index in [1.54, 1.807) is 32.9 Å². The third-order valence-electron chi connectivity index (χ3n) is 3.21. The van der Waals surface area contributed by atoms with E-state index in [-0.39, 0.29) is 5.69 Å². The Bertz CT molecular complexity index is 779. The molecular formula is C16H20N4O5. The monoisotopic (exact) mass is 348 g/mol. The van der Waals surface area contributed by atoms with Crippen LogP contribution < -0.4 is 5.06 Å². The lowest BCUT2D eigenvalue weighted by molar-refractivity contribution is -0.385. The molecule has 9 nitrogen and oxygen atoms in total. The number of carbonyl (C=O) groups is 1. The number of ether oxygens (including phenoxy) is 1. The Morgan fingerprint density at radius 3 is 2.08 bits per heavy atom. The topological polar surface area (TPSA) is 119 Å². The van der Waals surface area contributed by atoms with Gasteiger partial charge in [0.2, 0.25) is 0 Å². The molecule has 0 aliphatic rings. The molecule has 0 bridgehead atoms. The molecule has 0 saturated carbocycles. The average Bonchev–Trinajstić information content (AvgIpc) is 2.53. The van der Waals surface area contributed by atoms with Gasteiger partial charge in [0.05, 0.1) is 23.9 Å². The average molecular weight is 348 g/mol. The highest BCUT2D eigenvalue weighted by atomic mass is 16.6. The molecule has 0 fully saturated rings. The van der Waals surface area contributed by atoms with E-state index < -0.39 is 11.0 Å². The minimum atomic E-state index is -0.834. The van der Waals surface area contributed by atoms with Crippen molar-refractivity contribution in [2.75, 3.05) is 12.2 Å². The van der Waals surface area contributed by atoms with Crippen LogP contribution in [-0.4, -0.2) is 33.3 Å². The van der Waals surface area contributed by atoms with Gasteiger partial charge in [0.25, 0.3) is 5.69 Å². The summed E-state index contributed by atoms with van der Waals surface area (Å²) in [6, 6.07) is 3.46. The van der Waals surface area contributed by atoms with Crippen molar-refractivity contribution in [3.8, 4) is 0 Å². The van der Waals surface area contributed by atoms with Crippen LogP contribution in [0.25, 0.3) is 0 Å². The van der Waals surface area contributed by atoms with Crippen molar-refractivity contribution in [2.45, 2.75) is 27.7 Å². The smallest absolute Gasteiger partial charge is 0.438 e. The SMILES string of the molecule is COC(=O)N(O)c1cnc(C)cc1C.Cc1cc(C)c([N+](=O)[O-])cn1. The predicted molar refractivity (Wildman–Crippen MR) is 90.7 cm³/mol. The first-order chi connectivity index (χ1) is 11.7. The molecule has 0 radical (unpaired) electrons. The first-order valence-corrected chi connectivity index (χ1v) is 7.25. The van der Waals surface area contributed by atoms with Crippen LogP contribution in [0.3, 0.4) is 0 Å². The second-order valence-corrected chi connectivity index (χ2v) is 5.26. The van der Waals surface area contributed by atoms with Crippen LogP contribution in [0.15, 0.2) is 24.5 Å². The van der Waals surface area contributed by atoms with E-state index in [2.05, 4.69) is 14.7 Å². The summed E-state index contributed by atoms with van der Waals surface area (Å²) in [4.78, 5) is 28.6. The number of hydrogen-bond acceptors (Lipinski definition) is 7. The Morgan fingerprint density at radius 1 is 1.12 bits per heavy atom. The highest BCUT2D eigenvalue weighted by Gasteiger charge is 2.15. The molecular weight excluding hydrogens is 328 g/mol. The van der Waals surface area contributed by atoms with Gasteiger partial charge in [-0.05, 0) is 45.4 Å². The van der Waals surface area contributed by atoms with Gasteiger partial charge in [-0.25, -0.2) is 4.79 Å². The van der Waals surface area contributed by atoms with E-state index in [0.29, 0.717) is 16.3 Å². The Hall–Kier alpha value is -3.07. The van der Waals surface area contributed by atoms with Gasteiger partial charge in [0, 0.05) is 17.0 Å². The molecule has 0 saturated heterocycles. The number of aromatic nitrogens is 2. The number of carbonyl (C=O) groups excluding carboxylic acids is 1. The van der Waals surface area contributed by atoms with Crippen molar-refractivity contribution in [2.24, 2.45) is 0 Å². The first kappa shape index (κ1) is 20.0. The van der Waals surface area contributed by atoms with Crippen LogP contribution >= 0.6 is 0 Å². The minimum Gasteiger partial charge on any atom is -0.451 e. The van der Waals surface area contributed by atoms with E-state index in [9.17, 15) is 20.1 Å². The summed E-state index contributed by atoms with van der Waals surface area (Å²) in [5.74, 6) is 0. The van der Waals surface area contributed by atoms with Gasteiger partial charge in [-0.15, -0.1) is 0 Å². The lowest BCUT2D eigenvalue weighted by Crippen LogP contribution is -2.27. The van der Waals surface area contributed by atoms with Crippen molar-refractivity contribution in [1.82, 2.24) is 9.97 Å². The van der Waals surface area contributed by atoms with Crippen molar-refractivity contribution in [1.29, 1.82) is 0 Å². The maximum absolute atomic E-state index is 11.0. The van der Waals surface area contributed by atoms with Crippen molar-refractivity contribution in [3.63, 3.8) is 0 Å². The zero-order chi connectivity index (χ0) is 19.1. The van der Waals surface area contributed by atoms with Gasteiger partial charge in [-0.3, -0.25) is 25.3 Å².